The molecule has 0 aliphatic carbocycles. The first kappa shape index (κ1) is 18.5. The molecule has 0 aliphatic rings. The molecule has 0 spiro atoms. The lowest BCUT2D eigenvalue weighted by Gasteiger charge is -2.17. The second-order valence-electron chi connectivity index (χ2n) is 5.60. The van der Waals surface area contributed by atoms with E-state index in [0.29, 0.717) is 15.9 Å². The molecule has 140 valence electrons. The highest BCUT2D eigenvalue weighted by Crippen LogP contribution is 2.27. The number of carbonyl (C=O) groups excluding carboxylic acids is 1. The summed E-state index contributed by atoms with van der Waals surface area (Å²) in [6, 6.07) is 9.55. The van der Waals surface area contributed by atoms with E-state index >= 15 is 0 Å². The Morgan fingerprint density at radius 2 is 1.74 bits per heavy atom. The number of nitrogens with zero attached hydrogens (tertiary/aromatic N) is 2. The summed E-state index contributed by atoms with van der Waals surface area (Å²) in [5.74, 6) is -0.169. The smallest absolute Gasteiger partial charge is 0.420 e. The third-order valence-electron chi connectivity index (χ3n) is 4.14. The Kier molecular flexibility index (Phi) is 4.91. The van der Waals surface area contributed by atoms with Gasteiger partial charge in [-0.15, -0.1) is 0 Å². The molecule has 1 heterocycles. The molecule has 3 aromatic rings. The van der Waals surface area contributed by atoms with E-state index in [4.69, 9.17) is 21.1 Å². The molecular formula is C18H15ClN2O6. The molecular weight excluding hydrogens is 376 g/mol. The van der Waals surface area contributed by atoms with Crippen molar-refractivity contribution in [2.45, 2.75) is 6.04 Å². The topological polar surface area (TPSA) is 99.8 Å². The van der Waals surface area contributed by atoms with Gasteiger partial charge in [0.15, 0.2) is 6.04 Å². The Morgan fingerprint density at radius 1 is 1.07 bits per heavy atom. The zero-order valence-corrected chi connectivity index (χ0v) is 15.1. The lowest BCUT2D eigenvalue weighted by Crippen LogP contribution is -2.34. The molecule has 1 atom stereocenters. The molecule has 0 amide bonds. The lowest BCUT2D eigenvalue weighted by molar-refractivity contribution is -0.143. The highest BCUT2D eigenvalue weighted by molar-refractivity contribution is 6.31. The molecule has 0 fully saturated rings. The minimum Gasteiger partial charge on any atom is -0.497 e. The number of hydrogen-bond acceptors (Lipinski definition) is 5. The van der Waals surface area contributed by atoms with E-state index in [2.05, 4.69) is 0 Å². The van der Waals surface area contributed by atoms with Gasteiger partial charge in [-0.3, -0.25) is 4.57 Å². The number of hydrogen-bond donors (Lipinski definition) is 1. The number of benzene rings is 2. The SMILES string of the molecule is COC(=O)C(c1ccc(OC)cc1)n1c(=O)n(C(=O)O)c2ccc(Cl)cc21. The summed E-state index contributed by atoms with van der Waals surface area (Å²) < 4.78 is 11.6. The van der Waals surface area contributed by atoms with Crippen LogP contribution in [0.1, 0.15) is 11.6 Å². The monoisotopic (exact) mass is 390 g/mol. The van der Waals surface area contributed by atoms with Crippen molar-refractivity contribution in [3.8, 4) is 5.75 Å². The Morgan fingerprint density at radius 3 is 2.30 bits per heavy atom. The molecule has 2 aromatic carbocycles. The minimum atomic E-state index is -1.47. The first-order valence-electron chi connectivity index (χ1n) is 7.76. The molecule has 3 rings (SSSR count). The molecule has 0 saturated carbocycles. The van der Waals surface area contributed by atoms with E-state index in [1.807, 2.05) is 0 Å². The van der Waals surface area contributed by atoms with E-state index in [1.165, 1.54) is 32.4 Å². The normalized spacial score (nSPS) is 12.0. The average molecular weight is 391 g/mol. The average Bonchev–Trinajstić information content (AvgIpc) is 2.94. The van der Waals surface area contributed by atoms with E-state index in [9.17, 15) is 19.5 Å². The number of rotatable bonds is 4. The summed E-state index contributed by atoms with van der Waals surface area (Å²) in [4.78, 5) is 37.0. The van der Waals surface area contributed by atoms with Gasteiger partial charge in [-0.1, -0.05) is 23.7 Å². The fourth-order valence-corrected chi connectivity index (χ4v) is 3.08. The molecule has 9 heteroatoms. The number of esters is 1. The van der Waals surface area contributed by atoms with Crippen LogP contribution in [-0.2, 0) is 9.53 Å². The van der Waals surface area contributed by atoms with Gasteiger partial charge < -0.3 is 14.6 Å². The van der Waals surface area contributed by atoms with Crippen LogP contribution in [0.25, 0.3) is 11.0 Å². The fraction of sp³-hybridized carbons (Fsp3) is 0.167. The Hall–Kier alpha value is -3.26. The summed E-state index contributed by atoms with van der Waals surface area (Å²) in [7, 11) is 2.69. The lowest BCUT2D eigenvalue weighted by atomic mass is 10.1. The molecule has 1 aromatic heterocycles. The predicted molar refractivity (Wildman–Crippen MR) is 97.8 cm³/mol. The second kappa shape index (κ2) is 7.16. The van der Waals surface area contributed by atoms with Crippen molar-refractivity contribution >= 4 is 34.7 Å². The Labute approximate surface area is 158 Å². The van der Waals surface area contributed by atoms with Gasteiger partial charge in [0.05, 0.1) is 25.3 Å². The highest BCUT2D eigenvalue weighted by atomic mass is 35.5. The molecule has 0 aliphatic heterocycles. The first-order valence-corrected chi connectivity index (χ1v) is 8.14. The van der Waals surface area contributed by atoms with Gasteiger partial charge in [-0.25, -0.2) is 14.4 Å². The molecule has 1 N–H and O–H groups in total. The van der Waals surface area contributed by atoms with Crippen LogP contribution >= 0.6 is 11.6 Å². The summed E-state index contributed by atoms with van der Waals surface area (Å²) in [6.45, 7) is 0. The third kappa shape index (κ3) is 3.15. The van der Waals surface area contributed by atoms with Gasteiger partial charge in [-0.2, -0.15) is 4.57 Å². The van der Waals surface area contributed by atoms with Gasteiger partial charge in [0.2, 0.25) is 0 Å². The van der Waals surface area contributed by atoms with Crippen molar-refractivity contribution in [2.24, 2.45) is 0 Å². The predicted octanol–water partition coefficient (Wildman–Crippen LogP) is 2.75. The maximum atomic E-state index is 12.9. The Balaban J connectivity index is 2.35. The largest absolute Gasteiger partial charge is 0.497 e. The van der Waals surface area contributed by atoms with Crippen LogP contribution in [0.2, 0.25) is 5.02 Å². The van der Waals surface area contributed by atoms with Gasteiger partial charge in [0.25, 0.3) is 0 Å². The fourth-order valence-electron chi connectivity index (χ4n) is 2.92. The van der Waals surface area contributed by atoms with Crippen LogP contribution in [0.5, 0.6) is 5.75 Å². The number of aromatic nitrogens is 2. The molecule has 0 radical (unpaired) electrons. The zero-order chi connectivity index (χ0) is 19.7. The number of ether oxygens (including phenoxy) is 2. The van der Waals surface area contributed by atoms with E-state index < -0.39 is 23.8 Å². The third-order valence-corrected chi connectivity index (χ3v) is 4.38. The number of halogens is 1. The summed E-state index contributed by atoms with van der Waals surface area (Å²) in [6.07, 6.45) is -1.47. The number of fused-ring (bicyclic) bond motifs is 1. The van der Waals surface area contributed by atoms with Crippen molar-refractivity contribution in [3.63, 3.8) is 0 Å². The molecule has 1 unspecified atom stereocenters. The van der Waals surface area contributed by atoms with Crippen LogP contribution in [0.3, 0.4) is 0 Å². The quantitative estimate of drug-likeness (QED) is 0.687. The highest BCUT2D eigenvalue weighted by Gasteiger charge is 2.30. The van der Waals surface area contributed by atoms with Gasteiger partial charge in [0, 0.05) is 5.02 Å². The van der Waals surface area contributed by atoms with Crippen molar-refractivity contribution < 1.29 is 24.2 Å². The molecule has 27 heavy (non-hydrogen) atoms. The van der Waals surface area contributed by atoms with Crippen LogP contribution in [0.4, 0.5) is 4.79 Å². The van der Waals surface area contributed by atoms with Crippen molar-refractivity contribution in [1.29, 1.82) is 0 Å². The molecule has 0 saturated heterocycles. The standard InChI is InChI=1S/C18H15ClN2O6/c1-26-12-6-3-10(4-7-12)15(16(22)27-2)20-14-9-11(19)5-8-13(14)21(17(20)23)18(24)25/h3-9,15H,1-2H3,(H,24,25). The number of carbonyl (C=O) groups is 2. The van der Waals surface area contributed by atoms with Crippen LogP contribution in [0, 0.1) is 0 Å². The number of methoxy groups -OCH3 is 2. The van der Waals surface area contributed by atoms with Gasteiger partial charge >= 0.3 is 17.8 Å². The summed E-state index contributed by atoms with van der Waals surface area (Å²) >= 11 is 6.03. The molecule has 0 bridgehead atoms. The van der Waals surface area contributed by atoms with E-state index in [0.717, 1.165) is 4.57 Å². The van der Waals surface area contributed by atoms with Crippen molar-refractivity contribution in [3.05, 3.63) is 63.5 Å². The minimum absolute atomic E-state index is 0.110. The number of carboxylic acid groups (broad SMARTS) is 1. The maximum absolute atomic E-state index is 12.9. The van der Waals surface area contributed by atoms with Crippen molar-refractivity contribution in [2.75, 3.05) is 14.2 Å². The zero-order valence-electron chi connectivity index (χ0n) is 14.4. The maximum Gasteiger partial charge on any atom is 0.420 e. The number of imidazole rings is 1. The van der Waals surface area contributed by atoms with E-state index in [1.54, 1.807) is 24.3 Å². The summed E-state index contributed by atoms with van der Waals surface area (Å²) in [5, 5.41) is 9.74. The van der Waals surface area contributed by atoms with E-state index in [-0.39, 0.29) is 16.1 Å². The van der Waals surface area contributed by atoms with Crippen LogP contribution < -0.4 is 10.4 Å². The van der Waals surface area contributed by atoms with Crippen molar-refractivity contribution in [1.82, 2.24) is 9.13 Å². The van der Waals surface area contributed by atoms with Gasteiger partial charge in [0.1, 0.15) is 5.75 Å². The summed E-state index contributed by atoms with van der Waals surface area (Å²) in [5.41, 5.74) is -0.166. The Bertz CT molecular complexity index is 1080. The molecule has 8 nitrogen and oxygen atoms in total. The first-order chi connectivity index (χ1) is 12.9. The second-order valence-corrected chi connectivity index (χ2v) is 6.04. The van der Waals surface area contributed by atoms with Crippen LogP contribution in [-0.4, -0.2) is 40.5 Å². The van der Waals surface area contributed by atoms with Crippen LogP contribution in [0.15, 0.2) is 47.3 Å². The van der Waals surface area contributed by atoms with Gasteiger partial charge in [-0.05, 0) is 35.9 Å².